The Labute approximate surface area is 384 Å². The van der Waals surface area contributed by atoms with Gasteiger partial charge in [-0.25, -0.2) is 4.79 Å². The topological polar surface area (TPSA) is 382 Å². The number of carboxylic acid groups (broad SMARTS) is 1. The highest BCUT2D eigenvalue weighted by Crippen LogP contribution is 2.22. The predicted molar refractivity (Wildman–Crippen MR) is 235 cm³/mol. The van der Waals surface area contributed by atoms with Crippen molar-refractivity contribution in [1.82, 2.24) is 41.7 Å². The maximum absolute atomic E-state index is 13.9. The lowest BCUT2D eigenvalue weighted by molar-refractivity contribution is -0.146. The highest BCUT2D eigenvalue weighted by molar-refractivity contribution is 5.98. The molecule has 14 N–H and O–H groups in total. The molecule has 0 aromatic rings. The second-order valence-electron chi connectivity index (χ2n) is 18.2. The first kappa shape index (κ1) is 56.7. The summed E-state index contributed by atoms with van der Waals surface area (Å²) in [5.41, 5.74) is 11.4. The highest BCUT2D eigenvalue weighted by Gasteiger charge is 2.43. The summed E-state index contributed by atoms with van der Waals surface area (Å²) < 4.78 is 0. The van der Waals surface area contributed by atoms with E-state index < -0.39 is 138 Å². The minimum Gasteiger partial charge on any atom is -0.480 e. The molecule has 24 nitrogen and oxygen atoms in total. The van der Waals surface area contributed by atoms with Gasteiger partial charge in [0.15, 0.2) is 0 Å². The summed E-state index contributed by atoms with van der Waals surface area (Å²) in [5.74, 6) is -10.1. The van der Waals surface area contributed by atoms with Crippen molar-refractivity contribution >= 4 is 59.1 Å². The molecule has 2 rings (SSSR count). The van der Waals surface area contributed by atoms with E-state index >= 15 is 0 Å². The fraction of sp³-hybridized carbons (Fsp3) is 0.762. The lowest BCUT2D eigenvalue weighted by Gasteiger charge is -2.32. The molecule has 24 heteroatoms. The summed E-state index contributed by atoms with van der Waals surface area (Å²) >= 11 is 0. The Morgan fingerprint density at radius 3 is 1.52 bits per heavy atom. The predicted octanol–water partition coefficient (Wildman–Crippen LogP) is -4.33. The molecule has 2 aliphatic heterocycles. The van der Waals surface area contributed by atoms with Crippen LogP contribution in [-0.2, 0) is 47.9 Å². The van der Waals surface area contributed by atoms with Gasteiger partial charge in [-0.3, -0.25) is 43.2 Å². The maximum atomic E-state index is 13.9. The lowest BCUT2D eigenvalue weighted by Crippen LogP contribution is -2.63. The number of nitrogens with two attached hydrogens (primary N) is 2. The first-order valence-corrected chi connectivity index (χ1v) is 22.4. The van der Waals surface area contributed by atoms with Crippen LogP contribution < -0.4 is 43.4 Å². The fourth-order valence-electron chi connectivity index (χ4n) is 7.58. The van der Waals surface area contributed by atoms with Gasteiger partial charge in [-0.15, -0.1) is 0 Å². The molecule has 2 aliphatic rings. The molecule has 374 valence electrons. The van der Waals surface area contributed by atoms with Gasteiger partial charge in [0, 0.05) is 19.5 Å². The van der Waals surface area contributed by atoms with Crippen LogP contribution in [0, 0.1) is 17.8 Å². The molecule has 0 spiro atoms. The zero-order valence-electron chi connectivity index (χ0n) is 39.1. The molecule has 0 aliphatic carbocycles. The number of amides is 9. The van der Waals surface area contributed by atoms with Crippen LogP contribution in [0.15, 0.2) is 0 Å². The number of carboxylic acids is 1. The van der Waals surface area contributed by atoms with Crippen molar-refractivity contribution in [2.45, 2.75) is 167 Å². The monoisotopic (exact) mass is 941 g/mol. The summed E-state index contributed by atoms with van der Waals surface area (Å²) in [6.45, 7) is 11.7. The number of likely N-dealkylation sites (tertiary alicyclic amines) is 2. The molecule has 0 radical (unpaired) electrons. The van der Waals surface area contributed by atoms with Crippen molar-refractivity contribution in [1.29, 1.82) is 0 Å². The van der Waals surface area contributed by atoms with Crippen molar-refractivity contribution in [3.05, 3.63) is 0 Å². The fourth-order valence-corrected chi connectivity index (χ4v) is 7.58. The molecule has 9 amide bonds. The van der Waals surface area contributed by atoms with E-state index in [-0.39, 0.29) is 63.5 Å². The van der Waals surface area contributed by atoms with Crippen molar-refractivity contribution in [2.75, 3.05) is 19.7 Å². The Morgan fingerprint density at radius 2 is 1.06 bits per heavy atom. The number of rotatable bonds is 25. The largest absolute Gasteiger partial charge is 0.480 e. The number of primary amides is 1. The lowest BCUT2D eigenvalue weighted by atomic mass is 10.0. The first-order valence-electron chi connectivity index (χ1n) is 22.4. The normalized spacial score (nSPS) is 20.2. The van der Waals surface area contributed by atoms with Crippen LogP contribution in [0.25, 0.3) is 0 Å². The van der Waals surface area contributed by atoms with Gasteiger partial charge in [0.05, 0.1) is 24.9 Å². The Morgan fingerprint density at radius 1 is 0.591 bits per heavy atom. The third-order valence-electron chi connectivity index (χ3n) is 11.5. The summed E-state index contributed by atoms with van der Waals surface area (Å²) in [6, 6.07) is -12.3. The molecule has 0 unspecified atom stereocenters. The average Bonchev–Trinajstić information content (AvgIpc) is 3.93. The number of carbonyl (C=O) groups excluding carboxylic acids is 9. The molecule has 66 heavy (non-hydrogen) atoms. The number of hydrogen-bond donors (Lipinski definition) is 12. The summed E-state index contributed by atoms with van der Waals surface area (Å²) in [6.07, 6.45) is -2.50. The number of hydrogen-bond acceptors (Lipinski definition) is 14. The number of nitrogens with one attached hydrogen (secondary N) is 6. The van der Waals surface area contributed by atoms with E-state index in [1.54, 1.807) is 41.5 Å². The van der Waals surface area contributed by atoms with Crippen LogP contribution in [0.4, 0.5) is 0 Å². The quantitative estimate of drug-likeness (QED) is 0.0412. The van der Waals surface area contributed by atoms with Gasteiger partial charge in [-0.1, -0.05) is 41.5 Å². The molecule has 2 saturated heterocycles. The van der Waals surface area contributed by atoms with Crippen molar-refractivity contribution < 1.29 is 68.4 Å². The van der Waals surface area contributed by atoms with Crippen molar-refractivity contribution in [3.8, 4) is 0 Å². The van der Waals surface area contributed by atoms with Gasteiger partial charge in [0.25, 0.3) is 0 Å². The molecule has 0 aromatic carbocycles. The van der Waals surface area contributed by atoms with E-state index in [0.717, 1.165) is 4.90 Å². The van der Waals surface area contributed by atoms with Gasteiger partial charge >= 0.3 is 5.97 Å². The van der Waals surface area contributed by atoms with Crippen LogP contribution in [0.1, 0.15) is 100 Å². The minimum atomic E-state index is -1.76. The number of aliphatic hydroxyl groups is 3. The van der Waals surface area contributed by atoms with Crippen LogP contribution in [0.3, 0.4) is 0 Å². The number of aliphatic hydroxyl groups excluding tert-OH is 3. The van der Waals surface area contributed by atoms with Crippen LogP contribution in [0.5, 0.6) is 0 Å². The third-order valence-corrected chi connectivity index (χ3v) is 11.5. The number of aliphatic carboxylic acids is 1. The number of carbonyl (C=O) groups is 10. The van der Waals surface area contributed by atoms with E-state index in [4.69, 9.17) is 11.5 Å². The molecule has 0 aromatic heterocycles. The van der Waals surface area contributed by atoms with Crippen LogP contribution in [-0.4, -0.2) is 176 Å². The van der Waals surface area contributed by atoms with Gasteiger partial charge < -0.3 is 73.6 Å². The van der Waals surface area contributed by atoms with Gasteiger partial charge in [-0.05, 0) is 70.1 Å². The van der Waals surface area contributed by atoms with E-state index in [2.05, 4.69) is 31.9 Å². The second-order valence-corrected chi connectivity index (χ2v) is 18.2. The SMILES string of the molecule is CC(C)C[C@H](NC(=O)[C@@H](NC(=O)[C@@H]1CCCN1C(=O)[C@@H](NC(=O)[C@H](CO)NC(=O)[C@@H](NC(=O)[C@H](CCC(N)=O)NC(=O)[C@@H]1CCCN1C(=O)[C@@H](N)C(C)C)C(C)C)[C@@H](C)O)[C@@H](C)O)C(=O)O. The Balaban J connectivity index is 2.22. The maximum Gasteiger partial charge on any atom is 0.326 e. The van der Waals surface area contributed by atoms with Crippen LogP contribution in [0.2, 0.25) is 0 Å². The van der Waals surface area contributed by atoms with Crippen LogP contribution >= 0.6 is 0 Å². The second kappa shape index (κ2) is 26.0. The Bertz CT molecular complexity index is 1760. The zero-order valence-corrected chi connectivity index (χ0v) is 39.1. The highest BCUT2D eigenvalue weighted by atomic mass is 16.4. The van der Waals surface area contributed by atoms with E-state index in [1.807, 2.05) is 0 Å². The van der Waals surface area contributed by atoms with Gasteiger partial charge in [-0.2, -0.15) is 0 Å². The van der Waals surface area contributed by atoms with Gasteiger partial charge in [0.2, 0.25) is 53.2 Å². The molecular formula is C42H72N10O14. The molecule has 0 bridgehead atoms. The summed E-state index contributed by atoms with van der Waals surface area (Å²) in [4.78, 5) is 134. The van der Waals surface area contributed by atoms with Crippen molar-refractivity contribution in [3.63, 3.8) is 0 Å². The molecular weight excluding hydrogens is 869 g/mol. The zero-order chi connectivity index (χ0) is 50.3. The van der Waals surface area contributed by atoms with Crippen molar-refractivity contribution in [2.24, 2.45) is 29.2 Å². The van der Waals surface area contributed by atoms with E-state index in [9.17, 15) is 68.4 Å². The Kier molecular flexibility index (Phi) is 22.3. The summed E-state index contributed by atoms with van der Waals surface area (Å²) in [7, 11) is 0. The summed E-state index contributed by atoms with van der Waals surface area (Å²) in [5, 5.41) is 55.2. The minimum absolute atomic E-state index is 0.0306. The first-order chi connectivity index (χ1) is 30.7. The molecule has 0 saturated carbocycles. The number of nitrogens with zero attached hydrogens (tertiary/aromatic N) is 2. The molecule has 11 atom stereocenters. The molecule has 2 heterocycles. The molecule has 2 fully saturated rings. The van der Waals surface area contributed by atoms with Gasteiger partial charge in [0.1, 0.15) is 48.3 Å². The third kappa shape index (κ3) is 16.2. The average molecular weight is 941 g/mol. The smallest absolute Gasteiger partial charge is 0.326 e. The standard InChI is InChI=1S/C42H72N10O14/c1-19(2)17-25(42(65)66)46-39(62)32(22(7)54)49-37(60)28-12-10-16-52(28)41(64)33(23(8)55)50-35(58)26(18-53)47-38(61)31(21(5)6)48-34(57)24(13-14-29(43)56)45-36(59)27-11-9-15-51(27)40(63)30(44)20(3)4/h19-28,30-33,53-55H,9-18,44H2,1-8H3,(H2,43,56)(H,45,59)(H,46,62)(H,47,61)(H,48,57)(H,49,60)(H,50,58)(H,65,66)/t22-,23-,24+,25+,26+,27+,28+,30+,31+,32+,33+/m1/s1. The van der Waals surface area contributed by atoms with E-state index in [0.29, 0.717) is 6.42 Å². The Hall–Kier alpha value is -5.46. The van der Waals surface area contributed by atoms with E-state index in [1.165, 1.54) is 18.7 Å².